The summed E-state index contributed by atoms with van der Waals surface area (Å²) >= 11 is 0. The van der Waals surface area contributed by atoms with Crippen LogP contribution in [-0.4, -0.2) is 28.7 Å². The van der Waals surface area contributed by atoms with Crippen LogP contribution in [0.4, 0.5) is 5.69 Å². The molecular formula is C13H14N2O3. The van der Waals surface area contributed by atoms with Crippen molar-refractivity contribution < 1.29 is 9.72 Å². The lowest BCUT2D eigenvalue weighted by molar-refractivity contribution is -0.384. The van der Waals surface area contributed by atoms with Gasteiger partial charge in [-0.05, 0) is 31.9 Å². The molecule has 0 aliphatic heterocycles. The molecule has 0 aliphatic carbocycles. The molecule has 5 heteroatoms. The first-order chi connectivity index (χ1) is 8.58. The first-order valence-corrected chi connectivity index (χ1v) is 5.63. The fourth-order valence-corrected chi connectivity index (χ4v) is 1.32. The molecule has 94 valence electrons. The molecule has 0 saturated heterocycles. The smallest absolute Gasteiger partial charge is 0.269 e. The third-order valence-corrected chi connectivity index (χ3v) is 2.43. The molecule has 1 aromatic carbocycles. The van der Waals surface area contributed by atoms with E-state index in [4.69, 9.17) is 0 Å². The minimum absolute atomic E-state index is 0.0387. The zero-order valence-electron chi connectivity index (χ0n) is 10.3. The Bertz CT molecular complexity index is 493. The monoisotopic (exact) mass is 246 g/mol. The second-order valence-corrected chi connectivity index (χ2v) is 3.54. The normalized spacial score (nSPS) is 9.22. The van der Waals surface area contributed by atoms with Gasteiger partial charge in [-0.2, -0.15) is 0 Å². The Labute approximate surface area is 106 Å². The Morgan fingerprint density at radius 2 is 1.83 bits per heavy atom. The number of hydrogen-bond donors (Lipinski definition) is 0. The Hall–Kier alpha value is -2.35. The molecule has 0 fully saturated rings. The van der Waals surface area contributed by atoms with E-state index < -0.39 is 4.92 Å². The maximum absolute atomic E-state index is 11.7. The highest BCUT2D eigenvalue weighted by molar-refractivity contribution is 6.09. The lowest BCUT2D eigenvalue weighted by Crippen LogP contribution is -2.16. The molecule has 0 atom stereocenters. The van der Waals surface area contributed by atoms with Crippen LogP contribution in [0.5, 0.6) is 0 Å². The second kappa shape index (κ2) is 6.40. The third-order valence-electron chi connectivity index (χ3n) is 2.43. The Kier molecular flexibility index (Phi) is 4.88. The van der Waals surface area contributed by atoms with Crippen molar-refractivity contribution in [2.75, 3.05) is 13.1 Å². The minimum atomic E-state index is -0.504. The maximum Gasteiger partial charge on any atom is 0.269 e. The maximum atomic E-state index is 11.7. The van der Waals surface area contributed by atoms with Crippen molar-refractivity contribution in [3.8, 4) is 12.0 Å². The van der Waals surface area contributed by atoms with Gasteiger partial charge < -0.3 is 4.90 Å². The number of nitro benzene ring substituents is 1. The van der Waals surface area contributed by atoms with Crippen molar-refractivity contribution in [3.05, 3.63) is 39.9 Å². The largest absolute Gasteiger partial charge is 0.333 e. The lowest BCUT2D eigenvalue weighted by Gasteiger charge is -2.10. The molecule has 18 heavy (non-hydrogen) atoms. The summed E-state index contributed by atoms with van der Waals surface area (Å²) < 4.78 is 0. The van der Waals surface area contributed by atoms with E-state index in [1.165, 1.54) is 24.3 Å². The number of carbonyl (C=O) groups excluding carboxylic acids is 1. The summed E-state index contributed by atoms with van der Waals surface area (Å²) in [5.74, 6) is 2.18. The molecular weight excluding hydrogens is 232 g/mol. The summed E-state index contributed by atoms with van der Waals surface area (Å²) in [6.07, 6.45) is 0. The molecule has 0 aliphatic rings. The van der Waals surface area contributed by atoms with Gasteiger partial charge in [-0.3, -0.25) is 14.9 Å². The van der Waals surface area contributed by atoms with Gasteiger partial charge in [-0.15, -0.1) is 0 Å². The number of non-ortho nitro benzene ring substituents is 1. The van der Waals surface area contributed by atoms with E-state index in [2.05, 4.69) is 12.0 Å². The van der Waals surface area contributed by atoms with Gasteiger partial charge in [0.25, 0.3) is 5.69 Å². The highest BCUT2D eigenvalue weighted by Crippen LogP contribution is 2.11. The predicted octanol–water partition coefficient (Wildman–Crippen LogP) is 2.08. The standard InChI is InChI=1S/C13H14N2O3/c1-3-14(4-2)10-9-13(16)11-5-7-12(8-6-11)15(17)18/h5-8H,3-4H2,1-2H3. The van der Waals surface area contributed by atoms with Gasteiger partial charge in [0.15, 0.2) is 0 Å². The molecule has 1 aromatic rings. The van der Waals surface area contributed by atoms with Gasteiger partial charge in [0.05, 0.1) is 4.92 Å². The number of rotatable bonds is 4. The fourth-order valence-electron chi connectivity index (χ4n) is 1.32. The van der Waals surface area contributed by atoms with Gasteiger partial charge in [0.2, 0.25) is 5.78 Å². The van der Waals surface area contributed by atoms with E-state index >= 15 is 0 Å². The van der Waals surface area contributed by atoms with E-state index in [0.29, 0.717) is 5.56 Å². The number of benzene rings is 1. The third kappa shape index (κ3) is 3.59. The molecule has 1 rings (SSSR count). The van der Waals surface area contributed by atoms with Gasteiger partial charge in [0, 0.05) is 36.8 Å². The lowest BCUT2D eigenvalue weighted by atomic mass is 10.1. The number of nitrogens with zero attached hydrogens (tertiary/aromatic N) is 2. The Morgan fingerprint density at radius 1 is 1.28 bits per heavy atom. The summed E-state index contributed by atoms with van der Waals surface area (Å²) in [4.78, 5) is 23.5. The number of ketones is 1. The van der Waals surface area contributed by atoms with Crippen LogP contribution in [0.25, 0.3) is 0 Å². The van der Waals surface area contributed by atoms with Gasteiger partial charge in [0.1, 0.15) is 0 Å². The molecule has 0 bridgehead atoms. The van der Waals surface area contributed by atoms with Crippen LogP contribution in [0.2, 0.25) is 0 Å². The zero-order chi connectivity index (χ0) is 13.5. The number of nitro groups is 1. The van der Waals surface area contributed by atoms with E-state index in [1.807, 2.05) is 18.7 Å². The van der Waals surface area contributed by atoms with Crippen LogP contribution >= 0.6 is 0 Å². The average Bonchev–Trinajstić information content (AvgIpc) is 2.39. The quantitative estimate of drug-likeness (QED) is 0.268. The van der Waals surface area contributed by atoms with Crippen molar-refractivity contribution in [2.24, 2.45) is 0 Å². The molecule has 0 saturated carbocycles. The van der Waals surface area contributed by atoms with Crippen LogP contribution in [0, 0.1) is 22.1 Å². The van der Waals surface area contributed by atoms with Crippen LogP contribution in [0.15, 0.2) is 24.3 Å². The molecule has 0 heterocycles. The summed E-state index contributed by atoms with van der Waals surface area (Å²) in [6, 6.07) is 8.18. The van der Waals surface area contributed by atoms with Gasteiger partial charge in [-0.25, -0.2) is 0 Å². The van der Waals surface area contributed by atoms with Crippen molar-refractivity contribution >= 4 is 11.5 Å². The van der Waals surface area contributed by atoms with Gasteiger partial charge in [-0.1, -0.05) is 0 Å². The van der Waals surface area contributed by atoms with E-state index in [9.17, 15) is 14.9 Å². The van der Waals surface area contributed by atoms with Crippen LogP contribution in [0.1, 0.15) is 24.2 Å². The minimum Gasteiger partial charge on any atom is -0.333 e. The van der Waals surface area contributed by atoms with Crippen molar-refractivity contribution in [1.82, 2.24) is 4.90 Å². The molecule has 5 nitrogen and oxygen atoms in total. The number of hydrogen-bond acceptors (Lipinski definition) is 4. The highest BCUT2D eigenvalue weighted by atomic mass is 16.6. The molecule has 0 radical (unpaired) electrons. The Morgan fingerprint density at radius 3 is 2.28 bits per heavy atom. The van der Waals surface area contributed by atoms with E-state index in [1.54, 1.807) is 0 Å². The second-order valence-electron chi connectivity index (χ2n) is 3.54. The van der Waals surface area contributed by atoms with Crippen LogP contribution in [-0.2, 0) is 0 Å². The molecule has 0 aromatic heterocycles. The first-order valence-electron chi connectivity index (χ1n) is 5.63. The van der Waals surface area contributed by atoms with Crippen LogP contribution < -0.4 is 0 Å². The summed E-state index contributed by atoms with van der Waals surface area (Å²) in [7, 11) is 0. The summed E-state index contributed by atoms with van der Waals surface area (Å²) in [5, 5.41) is 10.5. The Balaban J connectivity index is 2.81. The van der Waals surface area contributed by atoms with Crippen molar-refractivity contribution in [2.45, 2.75) is 13.8 Å². The van der Waals surface area contributed by atoms with Gasteiger partial charge >= 0.3 is 0 Å². The first kappa shape index (κ1) is 13.7. The van der Waals surface area contributed by atoms with E-state index in [-0.39, 0.29) is 11.5 Å². The highest BCUT2D eigenvalue weighted by Gasteiger charge is 2.07. The number of Topliss-reactive ketones (excluding diaryl/α,β-unsaturated/α-hetero) is 1. The molecule has 0 amide bonds. The fraction of sp³-hybridized carbons (Fsp3) is 0.308. The summed E-state index contributed by atoms with van der Waals surface area (Å²) in [5.41, 5.74) is 0.323. The molecule has 0 N–H and O–H groups in total. The predicted molar refractivity (Wildman–Crippen MR) is 68.1 cm³/mol. The SMILES string of the molecule is CCN(C#CC(=O)c1ccc([N+](=O)[O-])cc1)CC. The summed E-state index contributed by atoms with van der Waals surface area (Å²) in [6.45, 7) is 5.40. The van der Waals surface area contributed by atoms with E-state index in [0.717, 1.165) is 13.1 Å². The average molecular weight is 246 g/mol. The molecule has 0 unspecified atom stereocenters. The number of carbonyl (C=O) groups is 1. The van der Waals surface area contributed by atoms with Crippen molar-refractivity contribution in [3.63, 3.8) is 0 Å². The van der Waals surface area contributed by atoms with Crippen LogP contribution in [0.3, 0.4) is 0 Å². The zero-order valence-corrected chi connectivity index (χ0v) is 10.3. The topological polar surface area (TPSA) is 63.5 Å². The van der Waals surface area contributed by atoms with Crippen molar-refractivity contribution in [1.29, 1.82) is 0 Å². The molecule has 0 spiro atoms.